The van der Waals surface area contributed by atoms with Gasteiger partial charge in [0.15, 0.2) is 5.65 Å². The highest BCUT2D eigenvalue weighted by Crippen LogP contribution is 2.46. The van der Waals surface area contributed by atoms with E-state index in [0.29, 0.717) is 46.4 Å². The molecule has 6 rings (SSSR count). The second-order valence-electron chi connectivity index (χ2n) is 11.6. The summed E-state index contributed by atoms with van der Waals surface area (Å²) in [6.07, 6.45) is 4.55. The quantitative estimate of drug-likeness (QED) is 0.383. The lowest BCUT2D eigenvalue weighted by molar-refractivity contribution is 0.0135. The molecular formula is C29H32N8O3. The molecule has 2 fully saturated rings. The molecule has 0 unspecified atom stereocenters. The van der Waals surface area contributed by atoms with E-state index in [-0.39, 0.29) is 24.1 Å². The van der Waals surface area contributed by atoms with Crippen LogP contribution in [0, 0.1) is 12.8 Å². The lowest BCUT2D eigenvalue weighted by atomic mass is 10.1. The topological polar surface area (TPSA) is 141 Å². The summed E-state index contributed by atoms with van der Waals surface area (Å²) < 4.78 is 7.59. The summed E-state index contributed by atoms with van der Waals surface area (Å²) in [4.78, 5) is 40.7. The van der Waals surface area contributed by atoms with Crippen LogP contribution in [0.15, 0.2) is 48.9 Å². The van der Waals surface area contributed by atoms with E-state index in [1.165, 1.54) is 6.33 Å². The molecule has 1 aromatic carbocycles. The predicted molar refractivity (Wildman–Crippen MR) is 151 cm³/mol. The average molecular weight is 541 g/mol. The van der Waals surface area contributed by atoms with Crippen LogP contribution in [0.4, 0.5) is 16.4 Å². The first-order valence-corrected chi connectivity index (χ1v) is 13.4. The van der Waals surface area contributed by atoms with Crippen molar-refractivity contribution >= 4 is 34.7 Å². The number of nitrogens with zero attached hydrogens (tertiary/aromatic N) is 6. The first-order valence-electron chi connectivity index (χ1n) is 13.4. The van der Waals surface area contributed by atoms with Crippen molar-refractivity contribution in [1.82, 2.24) is 29.6 Å². The zero-order valence-electron chi connectivity index (χ0n) is 23.0. The predicted octanol–water partition coefficient (Wildman–Crippen LogP) is 4.60. The molecule has 4 heterocycles. The van der Waals surface area contributed by atoms with E-state index in [4.69, 9.17) is 15.6 Å². The van der Waals surface area contributed by atoms with Crippen LogP contribution in [0.25, 0.3) is 22.3 Å². The molecule has 2 aliphatic rings. The number of ether oxygens (including phenoxy) is 1. The number of carbonyl (C=O) groups is 2. The fourth-order valence-corrected chi connectivity index (χ4v) is 5.79. The Bertz CT molecular complexity index is 1610. The number of nitrogens with two attached hydrogens (primary N) is 1. The minimum absolute atomic E-state index is 0.0480. The SMILES string of the molecule is Cc1cccnc1NC(=O)c1ccc(-c2nn([C@H]3C[C@H]4C[C@@H]3N(C(=O)OC(C)(C)C)C4)c3ncnc(N)c23)cc1. The Labute approximate surface area is 231 Å². The second-order valence-corrected chi connectivity index (χ2v) is 11.6. The van der Waals surface area contributed by atoms with Crippen LogP contribution in [0.3, 0.4) is 0 Å². The maximum atomic E-state index is 13.0. The molecule has 0 radical (unpaired) electrons. The molecule has 1 aliphatic heterocycles. The Morgan fingerprint density at radius 2 is 1.80 bits per heavy atom. The van der Waals surface area contributed by atoms with E-state index in [2.05, 4.69) is 20.3 Å². The van der Waals surface area contributed by atoms with Gasteiger partial charge in [0.2, 0.25) is 0 Å². The molecule has 4 aromatic rings. The number of likely N-dealkylation sites (tertiary alicyclic amines) is 1. The minimum atomic E-state index is -0.568. The number of hydrogen-bond donors (Lipinski definition) is 2. The first kappa shape index (κ1) is 25.7. The molecule has 3 atom stereocenters. The van der Waals surface area contributed by atoms with E-state index in [0.717, 1.165) is 24.0 Å². The first-order chi connectivity index (χ1) is 19.1. The summed E-state index contributed by atoms with van der Waals surface area (Å²) in [5.74, 6) is 0.962. The van der Waals surface area contributed by atoms with Crippen LogP contribution in [0.2, 0.25) is 0 Å². The third kappa shape index (κ3) is 4.61. The number of piperidine rings is 1. The van der Waals surface area contributed by atoms with Gasteiger partial charge in [-0.25, -0.2) is 24.4 Å². The average Bonchev–Trinajstić information content (AvgIpc) is 3.62. The molecule has 11 nitrogen and oxygen atoms in total. The van der Waals surface area contributed by atoms with Crippen molar-refractivity contribution in [3.63, 3.8) is 0 Å². The number of rotatable bonds is 4. The molecule has 2 bridgehead atoms. The smallest absolute Gasteiger partial charge is 0.410 e. The number of carbonyl (C=O) groups excluding carboxylic acids is 2. The summed E-state index contributed by atoms with van der Waals surface area (Å²) in [6, 6.07) is 10.8. The standard InChI is InChI=1S/C29H32N8O3/c1-16-6-5-11-31-25(16)34-27(38)19-9-7-18(8-10-19)23-22-24(30)32-15-33-26(22)37(35-23)21-13-17-12-20(21)36(14-17)28(39)40-29(2,3)4/h5-11,15,17,20-21H,12-14H2,1-4H3,(H2,30,32,33)(H,31,34,38)/t17-,20+,21+/m1/s1. The highest BCUT2D eigenvalue weighted by Gasteiger charge is 2.49. The van der Waals surface area contributed by atoms with Crippen molar-refractivity contribution < 1.29 is 14.3 Å². The molecule has 0 spiro atoms. The lowest BCUT2D eigenvalue weighted by Crippen LogP contribution is -2.45. The van der Waals surface area contributed by atoms with Crippen LogP contribution >= 0.6 is 0 Å². The van der Waals surface area contributed by atoms with E-state index in [1.54, 1.807) is 18.3 Å². The van der Waals surface area contributed by atoms with Crippen molar-refractivity contribution in [3.05, 3.63) is 60.0 Å². The Balaban J connectivity index is 1.31. The van der Waals surface area contributed by atoms with Crippen molar-refractivity contribution in [2.24, 2.45) is 5.92 Å². The van der Waals surface area contributed by atoms with Crippen LogP contribution in [0.1, 0.15) is 55.6 Å². The van der Waals surface area contributed by atoms with Crippen LogP contribution in [0.5, 0.6) is 0 Å². The van der Waals surface area contributed by atoms with Crippen molar-refractivity contribution in [3.8, 4) is 11.3 Å². The molecule has 11 heteroatoms. The van der Waals surface area contributed by atoms with E-state index in [9.17, 15) is 9.59 Å². The summed E-state index contributed by atoms with van der Waals surface area (Å²) >= 11 is 0. The van der Waals surface area contributed by atoms with Gasteiger partial charge < -0.3 is 20.7 Å². The monoisotopic (exact) mass is 540 g/mol. The van der Waals surface area contributed by atoms with Gasteiger partial charge in [0.25, 0.3) is 5.91 Å². The van der Waals surface area contributed by atoms with Crippen molar-refractivity contribution in [2.75, 3.05) is 17.6 Å². The Hall–Kier alpha value is -4.54. The van der Waals surface area contributed by atoms with E-state index in [1.807, 2.05) is 61.5 Å². The molecular weight excluding hydrogens is 508 g/mol. The number of hydrogen-bond acceptors (Lipinski definition) is 8. The zero-order chi connectivity index (χ0) is 28.2. The Morgan fingerprint density at radius 1 is 1.05 bits per heavy atom. The summed E-state index contributed by atoms with van der Waals surface area (Å²) in [6.45, 7) is 8.19. The van der Waals surface area contributed by atoms with Crippen molar-refractivity contribution in [2.45, 2.75) is 58.2 Å². The van der Waals surface area contributed by atoms with Crippen LogP contribution in [-0.2, 0) is 4.74 Å². The molecule has 1 aliphatic carbocycles. The number of amides is 2. The fourth-order valence-electron chi connectivity index (χ4n) is 5.79. The maximum absolute atomic E-state index is 13.0. The molecule has 1 saturated heterocycles. The van der Waals surface area contributed by atoms with Gasteiger partial charge >= 0.3 is 6.09 Å². The van der Waals surface area contributed by atoms with Crippen LogP contribution in [-0.4, -0.2) is 59.8 Å². The van der Waals surface area contributed by atoms with Gasteiger partial charge in [-0.05, 0) is 70.2 Å². The normalized spacial score (nSPS) is 20.2. The maximum Gasteiger partial charge on any atom is 0.410 e. The van der Waals surface area contributed by atoms with Crippen LogP contribution < -0.4 is 11.1 Å². The largest absolute Gasteiger partial charge is 0.444 e. The van der Waals surface area contributed by atoms with Gasteiger partial charge in [-0.1, -0.05) is 18.2 Å². The zero-order valence-corrected chi connectivity index (χ0v) is 23.0. The molecule has 206 valence electrons. The molecule has 3 N–H and O–H groups in total. The number of aryl methyl sites for hydroxylation is 1. The highest BCUT2D eigenvalue weighted by atomic mass is 16.6. The number of pyridine rings is 1. The second kappa shape index (κ2) is 9.58. The van der Waals surface area contributed by atoms with Gasteiger partial charge in [-0.2, -0.15) is 5.10 Å². The van der Waals surface area contributed by atoms with Gasteiger partial charge in [-0.15, -0.1) is 0 Å². The van der Waals surface area contributed by atoms with Crippen molar-refractivity contribution in [1.29, 1.82) is 0 Å². The van der Waals surface area contributed by atoms with Gasteiger partial charge in [0, 0.05) is 23.9 Å². The van der Waals surface area contributed by atoms with Gasteiger partial charge in [0.05, 0.1) is 17.5 Å². The molecule has 3 aromatic heterocycles. The summed E-state index contributed by atoms with van der Waals surface area (Å²) in [5.41, 5.74) is 9.18. The minimum Gasteiger partial charge on any atom is -0.444 e. The number of anilines is 2. The number of nitrogens with one attached hydrogen (secondary N) is 1. The van der Waals surface area contributed by atoms with Gasteiger partial charge in [-0.3, -0.25) is 4.79 Å². The Kier molecular flexibility index (Phi) is 6.16. The third-order valence-electron chi connectivity index (χ3n) is 7.57. The molecule has 1 saturated carbocycles. The number of fused-ring (bicyclic) bond motifs is 3. The third-order valence-corrected chi connectivity index (χ3v) is 7.57. The van der Waals surface area contributed by atoms with E-state index < -0.39 is 5.60 Å². The van der Waals surface area contributed by atoms with Gasteiger partial charge in [0.1, 0.15) is 29.3 Å². The Morgan fingerprint density at radius 3 is 2.50 bits per heavy atom. The number of aromatic nitrogens is 5. The number of nitrogen functional groups attached to an aromatic ring is 1. The summed E-state index contributed by atoms with van der Waals surface area (Å²) in [7, 11) is 0. The fraction of sp³-hybridized carbons (Fsp3) is 0.379. The highest BCUT2D eigenvalue weighted by molar-refractivity contribution is 6.05. The molecule has 40 heavy (non-hydrogen) atoms. The molecule has 2 amide bonds. The number of benzene rings is 1. The van der Waals surface area contributed by atoms with E-state index >= 15 is 0 Å². The summed E-state index contributed by atoms with van der Waals surface area (Å²) in [5, 5.41) is 8.49. The lowest BCUT2D eigenvalue weighted by Gasteiger charge is -2.34.